The Hall–Kier alpha value is -1.72. The summed E-state index contributed by atoms with van der Waals surface area (Å²) in [5.74, 6) is 0.796. The molecule has 0 spiro atoms. The van der Waals surface area contributed by atoms with Crippen LogP contribution in [0.25, 0.3) is 5.78 Å². The lowest BCUT2D eigenvalue weighted by atomic mass is 10.1. The predicted octanol–water partition coefficient (Wildman–Crippen LogP) is 3.05. The van der Waals surface area contributed by atoms with Gasteiger partial charge in [0.2, 0.25) is 5.78 Å². The first kappa shape index (κ1) is 13.0. The molecule has 4 nitrogen and oxygen atoms in total. The molecule has 0 N–H and O–H groups in total. The minimum absolute atomic E-state index is 0.796. The minimum Gasteiger partial charge on any atom is -0.293 e. The molecule has 106 valence electrons. The maximum absolute atomic E-state index is 4.64. The molecule has 3 heterocycles. The standard InChI is InChI=1S/C16H15BrN4/c17-13-8-18-16-19-14-6-7-20(11-15(14)21(16)10-13)9-12-4-2-1-3-5-12/h1-5,8,10H,6-7,9,11H2. The summed E-state index contributed by atoms with van der Waals surface area (Å²) in [5, 5.41) is 0. The highest BCUT2D eigenvalue weighted by atomic mass is 79.9. The van der Waals surface area contributed by atoms with Crippen LogP contribution in [0.2, 0.25) is 0 Å². The van der Waals surface area contributed by atoms with Crippen LogP contribution < -0.4 is 0 Å². The van der Waals surface area contributed by atoms with Crippen molar-refractivity contribution in [3.8, 4) is 0 Å². The minimum atomic E-state index is 0.796. The maximum atomic E-state index is 4.64. The van der Waals surface area contributed by atoms with Crippen molar-refractivity contribution in [1.82, 2.24) is 19.3 Å². The van der Waals surface area contributed by atoms with E-state index in [-0.39, 0.29) is 0 Å². The Balaban J connectivity index is 1.64. The van der Waals surface area contributed by atoms with Crippen LogP contribution in [-0.2, 0) is 19.5 Å². The normalized spacial score (nSPS) is 15.3. The molecule has 4 rings (SSSR count). The first-order valence-corrected chi connectivity index (χ1v) is 7.86. The molecule has 0 atom stereocenters. The quantitative estimate of drug-likeness (QED) is 0.717. The Morgan fingerprint density at radius 3 is 2.90 bits per heavy atom. The third-order valence-corrected chi connectivity index (χ3v) is 4.33. The summed E-state index contributed by atoms with van der Waals surface area (Å²) in [4.78, 5) is 11.5. The highest BCUT2D eigenvalue weighted by molar-refractivity contribution is 9.10. The van der Waals surface area contributed by atoms with Gasteiger partial charge in [0.25, 0.3) is 0 Å². The van der Waals surface area contributed by atoms with Gasteiger partial charge in [-0.1, -0.05) is 30.3 Å². The van der Waals surface area contributed by atoms with Crippen LogP contribution in [0.4, 0.5) is 0 Å². The van der Waals surface area contributed by atoms with E-state index in [1.165, 1.54) is 17.0 Å². The number of benzene rings is 1. The van der Waals surface area contributed by atoms with Gasteiger partial charge in [0.15, 0.2) is 0 Å². The summed E-state index contributed by atoms with van der Waals surface area (Å²) in [7, 11) is 0. The van der Waals surface area contributed by atoms with E-state index in [1.54, 1.807) is 6.20 Å². The third kappa shape index (κ3) is 2.47. The van der Waals surface area contributed by atoms with Crippen molar-refractivity contribution in [3.05, 3.63) is 64.1 Å². The van der Waals surface area contributed by atoms with Crippen molar-refractivity contribution >= 4 is 21.7 Å². The zero-order valence-corrected chi connectivity index (χ0v) is 13.1. The fraction of sp³-hybridized carbons (Fsp3) is 0.250. The zero-order valence-electron chi connectivity index (χ0n) is 11.5. The average molecular weight is 343 g/mol. The van der Waals surface area contributed by atoms with Crippen molar-refractivity contribution in [2.75, 3.05) is 6.54 Å². The molecule has 3 aromatic rings. The van der Waals surface area contributed by atoms with Gasteiger partial charge >= 0.3 is 0 Å². The first-order chi connectivity index (χ1) is 10.3. The van der Waals surface area contributed by atoms with Crippen molar-refractivity contribution in [2.45, 2.75) is 19.5 Å². The van der Waals surface area contributed by atoms with Gasteiger partial charge in [-0.2, -0.15) is 0 Å². The lowest BCUT2D eigenvalue weighted by Crippen LogP contribution is -2.30. The SMILES string of the molecule is Brc1cnc2nc3c(n2c1)CN(Cc1ccccc1)CC3. The summed E-state index contributed by atoms with van der Waals surface area (Å²) in [6.07, 6.45) is 4.85. The second-order valence-corrected chi connectivity index (χ2v) is 6.31. The fourth-order valence-corrected chi connectivity index (χ4v) is 3.21. The molecule has 0 radical (unpaired) electrons. The molecular weight excluding hydrogens is 328 g/mol. The van der Waals surface area contributed by atoms with Gasteiger partial charge in [0.1, 0.15) is 0 Å². The molecule has 1 aliphatic rings. The van der Waals surface area contributed by atoms with Crippen LogP contribution >= 0.6 is 15.9 Å². The second-order valence-electron chi connectivity index (χ2n) is 5.39. The number of hydrogen-bond donors (Lipinski definition) is 0. The van der Waals surface area contributed by atoms with Crippen LogP contribution in [0.1, 0.15) is 17.0 Å². The van der Waals surface area contributed by atoms with Crippen molar-refractivity contribution in [2.24, 2.45) is 0 Å². The largest absolute Gasteiger partial charge is 0.293 e. The second kappa shape index (κ2) is 5.24. The van der Waals surface area contributed by atoms with E-state index in [1.807, 2.05) is 0 Å². The molecule has 0 amide bonds. The van der Waals surface area contributed by atoms with E-state index < -0.39 is 0 Å². The van der Waals surface area contributed by atoms with Crippen LogP contribution in [-0.4, -0.2) is 25.8 Å². The molecule has 21 heavy (non-hydrogen) atoms. The molecule has 0 fully saturated rings. The lowest BCUT2D eigenvalue weighted by molar-refractivity contribution is 0.240. The molecule has 0 aliphatic carbocycles. The zero-order chi connectivity index (χ0) is 14.2. The van der Waals surface area contributed by atoms with Gasteiger partial charge in [-0.15, -0.1) is 0 Å². The van der Waals surface area contributed by atoms with E-state index in [9.17, 15) is 0 Å². The summed E-state index contributed by atoms with van der Waals surface area (Å²) in [6, 6.07) is 10.6. The van der Waals surface area contributed by atoms with E-state index in [4.69, 9.17) is 0 Å². The number of aromatic nitrogens is 3. The molecule has 0 bridgehead atoms. The molecule has 5 heteroatoms. The van der Waals surface area contributed by atoms with Gasteiger partial charge in [0.05, 0.1) is 15.9 Å². The van der Waals surface area contributed by atoms with Gasteiger partial charge in [0, 0.05) is 38.4 Å². The molecule has 1 aliphatic heterocycles. The number of rotatable bonds is 2. The Kier molecular flexibility index (Phi) is 3.24. The fourth-order valence-electron chi connectivity index (χ4n) is 2.90. The van der Waals surface area contributed by atoms with Gasteiger partial charge < -0.3 is 0 Å². The molecule has 2 aromatic heterocycles. The van der Waals surface area contributed by atoms with Crippen LogP contribution in [0, 0.1) is 0 Å². The number of nitrogens with zero attached hydrogens (tertiary/aromatic N) is 4. The van der Waals surface area contributed by atoms with Gasteiger partial charge in [-0.3, -0.25) is 9.30 Å². The van der Waals surface area contributed by atoms with Crippen LogP contribution in [0.15, 0.2) is 47.2 Å². The lowest BCUT2D eigenvalue weighted by Gasteiger charge is -2.26. The molecular formula is C16H15BrN4. The van der Waals surface area contributed by atoms with Gasteiger partial charge in [-0.05, 0) is 21.5 Å². The number of fused-ring (bicyclic) bond motifs is 3. The number of halogens is 1. The first-order valence-electron chi connectivity index (χ1n) is 7.07. The maximum Gasteiger partial charge on any atom is 0.234 e. The van der Waals surface area contributed by atoms with Crippen molar-refractivity contribution in [3.63, 3.8) is 0 Å². The Bertz CT molecular complexity index is 782. The Morgan fingerprint density at radius 1 is 1.19 bits per heavy atom. The van der Waals surface area contributed by atoms with E-state index in [0.29, 0.717) is 0 Å². The van der Waals surface area contributed by atoms with E-state index in [0.717, 1.165) is 36.3 Å². The molecule has 0 unspecified atom stereocenters. The smallest absolute Gasteiger partial charge is 0.234 e. The molecule has 1 aromatic carbocycles. The van der Waals surface area contributed by atoms with E-state index >= 15 is 0 Å². The Labute approximate surface area is 131 Å². The summed E-state index contributed by atoms with van der Waals surface area (Å²) in [6.45, 7) is 2.95. The number of hydrogen-bond acceptors (Lipinski definition) is 3. The van der Waals surface area contributed by atoms with E-state index in [2.05, 4.69) is 71.7 Å². The topological polar surface area (TPSA) is 33.4 Å². The highest BCUT2D eigenvalue weighted by Crippen LogP contribution is 2.22. The Morgan fingerprint density at radius 2 is 2.05 bits per heavy atom. The summed E-state index contributed by atoms with van der Waals surface area (Å²) >= 11 is 3.49. The predicted molar refractivity (Wildman–Crippen MR) is 84.9 cm³/mol. The van der Waals surface area contributed by atoms with Crippen molar-refractivity contribution < 1.29 is 0 Å². The molecule has 0 saturated carbocycles. The van der Waals surface area contributed by atoms with Gasteiger partial charge in [-0.25, -0.2) is 9.97 Å². The summed E-state index contributed by atoms with van der Waals surface area (Å²) < 4.78 is 3.09. The average Bonchev–Trinajstić information content (AvgIpc) is 2.86. The van der Waals surface area contributed by atoms with Crippen LogP contribution in [0.3, 0.4) is 0 Å². The monoisotopic (exact) mass is 342 g/mol. The molecule has 0 saturated heterocycles. The summed E-state index contributed by atoms with van der Waals surface area (Å²) in [5.41, 5.74) is 3.81. The number of imidazole rings is 1. The third-order valence-electron chi connectivity index (χ3n) is 3.92. The van der Waals surface area contributed by atoms with Crippen molar-refractivity contribution in [1.29, 1.82) is 0 Å². The van der Waals surface area contributed by atoms with Crippen LogP contribution in [0.5, 0.6) is 0 Å². The highest BCUT2D eigenvalue weighted by Gasteiger charge is 2.21.